The van der Waals surface area contributed by atoms with Gasteiger partial charge in [0.05, 0.1) is 12.6 Å². The molecule has 0 bridgehead atoms. The summed E-state index contributed by atoms with van der Waals surface area (Å²) in [5, 5.41) is 8.61. The van der Waals surface area contributed by atoms with Crippen molar-refractivity contribution in [2.24, 2.45) is 5.73 Å². The van der Waals surface area contributed by atoms with Gasteiger partial charge in [-0.1, -0.05) is 11.6 Å². The molecule has 0 saturated heterocycles. The highest BCUT2D eigenvalue weighted by atomic mass is 35.5. The molecule has 0 saturated carbocycles. The normalized spacial score (nSPS) is 13.5. The molecule has 3 nitrogen and oxygen atoms in total. The van der Waals surface area contributed by atoms with Crippen LogP contribution in [0.15, 0.2) is 6.20 Å². The van der Waals surface area contributed by atoms with Gasteiger partial charge in [0.1, 0.15) is 0 Å². The SMILES string of the molecule is N[C@@H](CO)c1cnc(Cl)s1. The summed E-state index contributed by atoms with van der Waals surface area (Å²) < 4.78 is 0.457. The number of nitrogens with two attached hydrogens (primary N) is 1. The number of aromatic nitrogens is 1. The molecule has 0 amide bonds. The Hall–Kier alpha value is -0.160. The van der Waals surface area contributed by atoms with Crippen LogP contribution in [0, 0.1) is 0 Å². The lowest BCUT2D eigenvalue weighted by molar-refractivity contribution is 0.269. The quantitative estimate of drug-likeness (QED) is 0.704. The molecule has 1 aromatic rings. The predicted octanol–water partition coefficient (Wildman–Crippen LogP) is 0.789. The highest BCUT2D eigenvalue weighted by Crippen LogP contribution is 2.21. The summed E-state index contributed by atoms with van der Waals surface area (Å²) in [7, 11) is 0. The minimum absolute atomic E-state index is 0.0709. The summed E-state index contributed by atoms with van der Waals surface area (Å²) >= 11 is 6.82. The number of nitrogens with zero attached hydrogens (tertiary/aromatic N) is 1. The number of thiazole rings is 1. The van der Waals surface area contributed by atoms with E-state index in [4.69, 9.17) is 22.4 Å². The summed E-state index contributed by atoms with van der Waals surface area (Å²) in [6.07, 6.45) is 1.58. The second-order valence-electron chi connectivity index (χ2n) is 1.80. The van der Waals surface area contributed by atoms with Crippen molar-refractivity contribution in [1.29, 1.82) is 0 Å². The zero-order valence-corrected chi connectivity index (χ0v) is 6.69. The third-order valence-electron chi connectivity index (χ3n) is 1.06. The lowest BCUT2D eigenvalue weighted by Gasteiger charge is -2.01. The number of hydrogen-bond donors (Lipinski definition) is 2. The molecule has 0 radical (unpaired) electrons. The average Bonchev–Trinajstić information content (AvgIpc) is 2.34. The van der Waals surface area contributed by atoms with Gasteiger partial charge in [0, 0.05) is 11.1 Å². The maximum atomic E-state index is 8.61. The van der Waals surface area contributed by atoms with Crippen molar-refractivity contribution < 1.29 is 5.11 Å². The van der Waals surface area contributed by atoms with Crippen LogP contribution in [0.4, 0.5) is 0 Å². The zero-order chi connectivity index (χ0) is 7.56. The van der Waals surface area contributed by atoms with Gasteiger partial charge in [0.25, 0.3) is 0 Å². The summed E-state index contributed by atoms with van der Waals surface area (Å²) in [5.41, 5.74) is 5.47. The topological polar surface area (TPSA) is 59.1 Å². The lowest BCUT2D eigenvalue weighted by Crippen LogP contribution is -2.12. The Morgan fingerprint density at radius 1 is 1.90 bits per heavy atom. The molecule has 1 rings (SSSR count). The van der Waals surface area contributed by atoms with E-state index in [9.17, 15) is 0 Å². The van der Waals surface area contributed by atoms with Gasteiger partial charge in [-0.2, -0.15) is 0 Å². The molecule has 56 valence electrons. The standard InChI is InChI=1S/C5H7ClN2OS/c6-5-8-1-4(10-5)3(7)2-9/h1,3,9H,2,7H2/t3-/m0/s1. The van der Waals surface area contributed by atoms with Crippen LogP contribution in [0.2, 0.25) is 4.47 Å². The number of rotatable bonds is 2. The first-order valence-electron chi connectivity index (χ1n) is 2.71. The summed E-state index contributed by atoms with van der Waals surface area (Å²) in [4.78, 5) is 4.59. The first kappa shape index (κ1) is 7.94. The minimum atomic E-state index is -0.343. The van der Waals surface area contributed by atoms with Crippen molar-refractivity contribution in [3.63, 3.8) is 0 Å². The summed E-state index contributed by atoms with van der Waals surface area (Å²) in [6, 6.07) is -0.343. The van der Waals surface area contributed by atoms with Gasteiger partial charge in [-0.25, -0.2) is 4.98 Å². The third-order valence-corrected chi connectivity index (χ3v) is 2.30. The first-order valence-corrected chi connectivity index (χ1v) is 3.91. The summed E-state index contributed by atoms with van der Waals surface area (Å²) in [5.74, 6) is 0. The van der Waals surface area contributed by atoms with Crippen LogP contribution < -0.4 is 5.73 Å². The Bertz CT molecular complexity index is 215. The van der Waals surface area contributed by atoms with Gasteiger partial charge in [-0.05, 0) is 0 Å². The van der Waals surface area contributed by atoms with E-state index >= 15 is 0 Å². The molecule has 0 unspecified atom stereocenters. The van der Waals surface area contributed by atoms with Crippen molar-refractivity contribution >= 4 is 22.9 Å². The molecular formula is C5H7ClN2OS. The van der Waals surface area contributed by atoms with Crippen molar-refractivity contribution in [3.05, 3.63) is 15.5 Å². The largest absolute Gasteiger partial charge is 0.394 e. The Morgan fingerprint density at radius 3 is 3.00 bits per heavy atom. The van der Waals surface area contributed by atoms with Crippen LogP contribution >= 0.6 is 22.9 Å². The van der Waals surface area contributed by atoms with Crippen LogP contribution in [-0.2, 0) is 0 Å². The minimum Gasteiger partial charge on any atom is -0.394 e. The Balaban J connectivity index is 2.74. The maximum Gasteiger partial charge on any atom is 0.183 e. The van der Waals surface area contributed by atoms with Gasteiger partial charge in [0.2, 0.25) is 0 Å². The molecule has 1 atom stereocenters. The maximum absolute atomic E-state index is 8.61. The van der Waals surface area contributed by atoms with Crippen molar-refractivity contribution in [2.45, 2.75) is 6.04 Å². The van der Waals surface area contributed by atoms with Gasteiger partial charge >= 0.3 is 0 Å². The molecule has 0 aliphatic carbocycles. The van der Waals surface area contributed by atoms with Crippen LogP contribution in [0.5, 0.6) is 0 Å². The molecular weight excluding hydrogens is 172 g/mol. The molecule has 0 aliphatic heterocycles. The second-order valence-corrected chi connectivity index (χ2v) is 3.45. The van der Waals surface area contributed by atoms with Crippen LogP contribution in [0.1, 0.15) is 10.9 Å². The van der Waals surface area contributed by atoms with Gasteiger partial charge in [-0.3, -0.25) is 0 Å². The fraction of sp³-hybridized carbons (Fsp3) is 0.400. The molecule has 1 aromatic heterocycles. The van der Waals surface area contributed by atoms with Gasteiger partial charge < -0.3 is 10.8 Å². The number of aliphatic hydroxyl groups is 1. The first-order chi connectivity index (χ1) is 4.74. The number of hydrogen-bond acceptors (Lipinski definition) is 4. The van der Waals surface area contributed by atoms with Gasteiger partial charge in [0.15, 0.2) is 4.47 Å². The molecule has 10 heavy (non-hydrogen) atoms. The van der Waals surface area contributed by atoms with E-state index in [0.29, 0.717) is 4.47 Å². The molecule has 0 aromatic carbocycles. The summed E-state index contributed by atoms with van der Waals surface area (Å²) in [6.45, 7) is -0.0709. The Labute approximate surface area is 67.5 Å². The van der Waals surface area contributed by atoms with Crippen LogP contribution in [-0.4, -0.2) is 16.7 Å². The molecule has 3 N–H and O–H groups in total. The molecule has 5 heteroatoms. The molecule has 0 spiro atoms. The smallest absolute Gasteiger partial charge is 0.183 e. The molecule has 1 heterocycles. The molecule has 0 aliphatic rings. The average molecular weight is 179 g/mol. The van der Waals surface area contributed by atoms with Crippen molar-refractivity contribution in [3.8, 4) is 0 Å². The number of halogens is 1. The van der Waals surface area contributed by atoms with Crippen LogP contribution in [0.25, 0.3) is 0 Å². The highest BCUT2D eigenvalue weighted by Gasteiger charge is 2.06. The third kappa shape index (κ3) is 1.67. The van der Waals surface area contributed by atoms with Crippen molar-refractivity contribution in [2.75, 3.05) is 6.61 Å². The van der Waals surface area contributed by atoms with E-state index in [0.717, 1.165) is 4.88 Å². The van der Waals surface area contributed by atoms with Crippen molar-refractivity contribution in [1.82, 2.24) is 4.98 Å². The van der Waals surface area contributed by atoms with E-state index in [2.05, 4.69) is 4.98 Å². The zero-order valence-electron chi connectivity index (χ0n) is 5.12. The monoisotopic (exact) mass is 178 g/mol. The van der Waals surface area contributed by atoms with Crippen LogP contribution in [0.3, 0.4) is 0 Å². The van der Waals surface area contributed by atoms with E-state index in [1.807, 2.05) is 0 Å². The Morgan fingerprint density at radius 2 is 2.60 bits per heavy atom. The molecule has 0 fully saturated rings. The van der Waals surface area contributed by atoms with E-state index < -0.39 is 0 Å². The highest BCUT2D eigenvalue weighted by molar-refractivity contribution is 7.15. The van der Waals surface area contributed by atoms with E-state index in [1.165, 1.54) is 11.3 Å². The van der Waals surface area contributed by atoms with E-state index in [1.54, 1.807) is 6.20 Å². The lowest BCUT2D eigenvalue weighted by atomic mass is 10.3. The fourth-order valence-electron chi connectivity index (χ4n) is 0.526. The fourth-order valence-corrected chi connectivity index (χ4v) is 1.47. The van der Waals surface area contributed by atoms with Gasteiger partial charge in [-0.15, -0.1) is 11.3 Å². The Kier molecular flexibility index (Phi) is 2.62. The van der Waals surface area contributed by atoms with E-state index in [-0.39, 0.29) is 12.6 Å². The predicted molar refractivity (Wildman–Crippen MR) is 41.1 cm³/mol. The number of aliphatic hydroxyl groups excluding tert-OH is 1. The second kappa shape index (κ2) is 3.30.